The van der Waals surface area contributed by atoms with Crippen LogP contribution in [0.2, 0.25) is 0 Å². The molecule has 4 nitrogen and oxygen atoms in total. The number of ether oxygens (including phenoxy) is 1. The molecular weight excluding hydrogens is 198 g/mol. The number of aromatic nitrogens is 1. The second kappa shape index (κ2) is 4.25. The summed E-state index contributed by atoms with van der Waals surface area (Å²) in [6, 6.07) is 0.413. The van der Waals surface area contributed by atoms with E-state index in [4.69, 9.17) is 10.5 Å². The number of nitrogens with two attached hydrogens (primary N) is 1. The lowest BCUT2D eigenvalue weighted by molar-refractivity contribution is -0.0126. The number of hydrogen-bond donors (Lipinski definition) is 2. The van der Waals surface area contributed by atoms with Gasteiger partial charge in [0.25, 0.3) is 0 Å². The van der Waals surface area contributed by atoms with E-state index < -0.39 is 0 Å². The van der Waals surface area contributed by atoms with Crippen LogP contribution >= 0.6 is 11.3 Å². The molecule has 5 heteroatoms. The highest BCUT2D eigenvalue weighted by atomic mass is 32.1. The predicted octanol–water partition coefficient (Wildman–Crippen LogP) is 1.06. The van der Waals surface area contributed by atoms with Crippen molar-refractivity contribution in [2.45, 2.75) is 31.5 Å². The second-order valence-electron chi connectivity index (χ2n) is 3.40. The van der Waals surface area contributed by atoms with E-state index in [0.29, 0.717) is 0 Å². The summed E-state index contributed by atoms with van der Waals surface area (Å²) in [7, 11) is 0. The fourth-order valence-electron chi connectivity index (χ4n) is 1.66. The predicted molar refractivity (Wildman–Crippen MR) is 57.5 cm³/mol. The Hall–Kier alpha value is -0.650. The van der Waals surface area contributed by atoms with Crippen molar-refractivity contribution in [1.82, 2.24) is 4.98 Å². The number of nitrogens with zero attached hydrogens (tertiary/aromatic N) is 1. The molecule has 14 heavy (non-hydrogen) atoms. The highest BCUT2D eigenvalue weighted by molar-refractivity contribution is 7.13. The van der Waals surface area contributed by atoms with Crippen LogP contribution in [0, 0.1) is 0 Å². The molecule has 0 radical (unpaired) electrons. The first-order chi connectivity index (χ1) is 6.81. The summed E-state index contributed by atoms with van der Waals surface area (Å²) >= 11 is 1.59. The molecule has 3 N–H and O–H groups in total. The maximum absolute atomic E-state index is 5.89. The molecule has 1 fully saturated rings. The Bertz CT molecular complexity index is 276. The third-order valence-electron chi connectivity index (χ3n) is 2.47. The summed E-state index contributed by atoms with van der Waals surface area (Å²) in [6.45, 7) is 2.75. The van der Waals surface area contributed by atoms with Gasteiger partial charge in [-0.3, -0.25) is 0 Å². The zero-order valence-corrected chi connectivity index (χ0v) is 8.96. The molecule has 0 aliphatic heterocycles. The summed E-state index contributed by atoms with van der Waals surface area (Å²) in [5.41, 5.74) is 5.89. The van der Waals surface area contributed by atoms with Crippen LogP contribution in [0.1, 0.15) is 13.3 Å². The molecule has 0 amide bonds. The Morgan fingerprint density at radius 2 is 2.64 bits per heavy atom. The lowest BCUT2D eigenvalue weighted by atomic mass is 9.83. The third kappa shape index (κ3) is 1.89. The molecule has 0 saturated heterocycles. The van der Waals surface area contributed by atoms with E-state index in [0.717, 1.165) is 18.2 Å². The zero-order chi connectivity index (χ0) is 9.97. The number of nitrogens with one attached hydrogen (secondary N) is 1. The van der Waals surface area contributed by atoms with Crippen LogP contribution in [0.15, 0.2) is 11.6 Å². The molecule has 3 atom stereocenters. The lowest BCUT2D eigenvalue weighted by Gasteiger charge is -2.42. The molecule has 78 valence electrons. The first kappa shape index (κ1) is 9.89. The maximum Gasteiger partial charge on any atom is 0.182 e. The number of thiazole rings is 1. The zero-order valence-electron chi connectivity index (χ0n) is 8.14. The first-order valence-corrected chi connectivity index (χ1v) is 5.72. The Balaban J connectivity index is 1.90. The molecule has 0 aromatic carbocycles. The number of rotatable bonds is 4. The summed E-state index contributed by atoms with van der Waals surface area (Å²) in [5, 5.41) is 6.17. The maximum atomic E-state index is 5.89. The molecule has 0 spiro atoms. The summed E-state index contributed by atoms with van der Waals surface area (Å²) < 4.78 is 5.54. The van der Waals surface area contributed by atoms with Crippen molar-refractivity contribution in [3.05, 3.63) is 11.6 Å². The van der Waals surface area contributed by atoms with Gasteiger partial charge in [-0.25, -0.2) is 4.98 Å². The van der Waals surface area contributed by atoms with Crippen LogP contribution in [0.4, 0.5) is 5.13 Å². The Morgan fingerprint density at radius 1 is 1.79 bits per heavy atom. The van der Waals surface area contributed by atoms with E-state index in [2.05, 4.69) is 10.3 Å². The largest absolute Gasteiger partial charge is 0.376 e. The molecule has 1 aromatic heterocycles. The Kier molecular flexibility index (Phi) is 3.00. The van der Waals surface area contributed by atoms with E-state index >= 15 is 0 Å². The fraction of sp³-hybridized carbons (Fsp3) is 0.667. The third-order valence-corrected chi connectivity index (χ3v) is 3.17. The average molecular weight is 213 g/mol. The van der Waals surface area contributed by atoms with Crippen LogP contribution in [0.25, 0.3) is 0 Å². The van der Waals surface area contributed by atoms with E-state index in [9.17, 15) is 0 Å². The van der Waals surface area contributed by atoms with Crippen molar-refractivity contribution in [1.29, 1.82) is 0 Å². The Morgan fingerprint density at radius 3 is 3.21 bits per heavy atom. The molecule has 1 aliphatic carbocycles. The minimum absolute atomic E-state index is 0.190. The smallest absolute Gasteiger partial charge is 0.182 e. The monoisotopic (exact) mass is 213 g/mol. The van der Waals surface area contributed by atoms with E-state index in [-0.39, 0.29) is 18.2 Å². The van der Waals surface area contributed by atoms with Gasteiger partial charge in [0.1, 0.15) is 0 Å². The van der Waals surface area contributed by atoms with Gasteiger partial charge < -0.3 is 15.8 Å². The van der Waals surface area contributed by atoms with E-state index in [1.807, 2.05) is 12.3 Å². The normalized spacial score (nSPS) is 31.1. The summed E-state index contributed by atoms with van der Waals surface area (Å²) in [5.74, 6) is 0. The molecular formula is C9H15N3OS. The van der Waals surface area contributed by atoms with Crippen molar-refractivity contribution < 1.29 is 4.74 Å². The van der Waals surface area contributed by atoms with Gasteiger partial charge in [0, 0.05) is 24.2 Å². The number of hydrogen-bond acceptors (Lipinski definition) is 5. The van der Waals surface area contributed by atoms with E-state index in [1.54, 1.807) is 17.5 Å². The van der Waals surface area contributed by atoms with Gasteiger partial charge in [-0.2, -0.15) is 0 Å². The quantitative estimate of drug-likeness (QED) is 0.785. The van der Waals surface area contributed by atoms with Gasteiger partial charge in [0.15, 0.2) is 5.13 Å². The van der Waals surface area contributed by atoms with Gasteiger partial charge in [0.05, 0.1) is 12.1 Å². The average Bonchev–Trinajstić information content (AvgIpc) is 2.66. The number of anilines is 1. The van der Waals surface area contributed by atoms with Crippen LogP contribution in [-0.4, -0.2) is 29.8 Å². The highest BCUT2D eigenvalue weighted by Crippen LogP contribution is 2.26. The summed E-state index contributed by atoms with van der Waals surface area (Å²) in [4.78, 5) is 4.16. The molecule has 1 aromatic rings. The molecule has 1 heterocycles. The molecule has 0 bridgehead atoms. The van der Waals surface area contributed by atoms with Gasteiger partial charge in [-0.05, 0) is 13.3 Å². The standard InChI is InChI=1S/C9H15N3OS/c1-2-13-7-5-6(10)8(7)12-9-11-3-4-14-9/h3-4,6-8H,2,5,10H2,1H3,(H,11,12). The first-order valence-electron chi connectivity index (χ1n) is 4.84. The van der Waals surface area contributed by atoms with Gasteiger partial charge in [-0.15, -0.1) is 11.3 Å². The minimum Gasteiger partial charge on any atom is -0.376 e. The van der Waals surface area contributed by atoms with Crippen molar-refractivity contribution in [2.24, 2.45) is 5.73 Å². The molecule has 1 saturated carbocycles. The van der Waals surface area contributed by atoms with Crippen LogP contribution in [0.3, 0.4) is 0 Å². The molecule has 3 unspecified atom stereocenters. The SMILES string of the molecule is CCOC1CC(N)C1Nc1nccs1. The van der Waals surface area contributed by atoms with Crippen molar-refractivity contribution in [2.75, 3.05) is 11.9 Å². The van der Waals surface area contributed by atoms with Crippen molar-refractivity contribution >= 4 is 16.5 Å². The van der Waals surface area contributed by atoms with E-state index in [1.165, 1.54) is 0 Å². The topological polar surface area (TPSA) is 60.2 Å². The minimum atomic E-state index is 0.190. The van der Waals surface area contributed by atoms with Gasteiger partial charge >= 0.3 is 0 Å². The second-order valence-corrected chi connectivity index (χ2v) is 4.30. The van der Waals surface area contributed by atoms with Gasteiger partial charge in [-0.1, -0.05) is 0 Å². The van der Waals surface area contributed by atoms with Crippen LogP contribution in [-0.2, 0) is 4.74 Å². The van der Waals surface area contributed by atoms with Crippen molar-refractivity contribution in [3.8, 4) is 0 Å². The fourth-order valence-corrected chi connectivity index (χ4v) is 2.24. The van der Waals surface area contributed by atoms with Crippen LogP contribution < -0.4 is 11.1 Å². The molecule has 1 aliphatic rings. The summed E-state index contributed by atoms with van der Waals surface area (Å²) in [6.07, 6.45) is 2.97. The highest BCUT2D eigenvalue weighted by Gasteiger charge is 2.39. The molecule has 2 rings (SSSR count). The Labute approximate surface area is 87.5 Å². The lowest BCUT2D eigenvalue weighted by Crippen LogP contribution is -2.60. The van der Waals surface area contributed by atoms with Crippen molar-refractivity contribution in [3.63, 3.8) is 0 Å². The van der Waals surface area contributed by atoms with Gasteiger partial charge in [0.2, 0.25) is 0 Å². The van der Waals surface area contributed by atoms with Crippen LogP contribution in [0.5, 0.6) is 0 Å².